The number of allylic oxidation sites excluding steroid dienone is 1. The molecule has 0 aromatic heterocycles. The van der Waals surface area contributed by atoms with E-state index in [9.17, 15) is 24.3 Å². The number of benzene rings is 2. The van der Waals surface area contributed by atoms with Crippen LogP contribution < -0.4 is 10.2 Å². The van der Waals surface area contributed by atoms with Crippen LogP contribution in [0.5, 0.6) is 0 Å². The normalized spacial score (nSPS) is 31.5. The van der Waals surface area contributed by atoms with Crippen molar-refractivity contribution in [1.29, 1.82) is 0 Å². The molecule has 4 heterocycles. The minimum absolute atomic E-state index is 0.0608. The van der Waals surface area contributed by atoms with Crippen LogP contribution in [0.3, 0.4) is 0 Å². The van der Waals surface area contributed by atoms with E-state index in [4.69, 9.17) is 9.47 Å². The molecule has 236 valence electrons. The molecule has 0 radical (unpaired) electrons. The molecule has 10 heteroatoms. The average molecular weight is 614 g/mol. The number of carbonyl (C=O) groups excluding carboxylic acids is 4. The number of fused-ring (bicyclic) bond motifs is 2. The largest absolute Gasteiger partial charge is 0.455 e. The van der Waals surface area contributed by atoms with E-state index in [-0.39, 0.29) is 37.9 Å². The number of aryl methyl sites for hydroxylation is 2. The van der Waals surface area contributed by atoms with Crippen LogP contribution in [0.25, 0.3) is 0 Å². The highest BCUT2D eigenvalue weighted by Gasteiger charge is 2.74. The SMILES string of the molecule is Cc1cccc(C)c1N1C/C=C\CCC(=O)NC[C@H](c2ccccc2)OC(=O)[C@@H]2[C@H]3C(=O)N([C@H](C)CO)[C@H](C1=O)[C@]31C=C[C@H]2O1. The first-order chi connectivity index (χ1) is 21.7. The van der Waals surface area contributed by atoms with E-state index in [1.807, 2.05) is 74.5 Å². The number of aliphatic hydroxyl groups excluding tert-OH is 1. The molecule has 2 fully saturated rings. The number of hydrogen-bond donors (Lipinski definition) is 2. The van der Waals surface area contributed by atoms with Gasteiger partial charge in [0, 0.05) is 18.7 Å². The molecular weight excluding hydrogens is 574 g/mol. The fourth-order valence-electron chi connectivity index (χ4n) is 7.31. The van der Waals surface area contributed by atoms with E-state index in [0.29, 0.717) is 17.7 Å². The first kappa shape index (κ1) is 30.7. The first-order valence-electron chi connectivity index (χ1n) is 15.5. The van der Waals surface area contributed by atoms with E-state index in [1.165, 1.54) is 4.90 Å². The van der Waals surface area contributed by atoms with Crippen molar-refractivity contribution in [2.45, 2.75) is 63.5 Å². The molecule has 2 saturated heterocycles. The molecule has 3 amide bonds. The van der Waals surface area contributed by atoms with Crippen LogP contribution in [0.4, 0.5) is 5.69 Å². The second-order valence-electron chi connectivity index (χ2n) is 12.3. The summed E-state index contributed by atoms with van der Waals surface area (Å²) in [5, 5.41) is 13.1. The van der Waals surface area contributed by atoms with Crippen molar-refractivity contribution in [3.63, 3.8) is 0 Å². The highest BCUT2D eigenvalue weighted by molar-refractivity contribution is 6.06. The maximum absolute atomic E-state index is 14.9. The van der Waals surface area contributed by atoms with Crippen LogP contribution in [0, 0.1) is 25.7 Å². The van der Waals surface area contributed by atoms with Gasteiger partial charge in [-0.25, -0.2) is 0 Å². The summed E-state index contributed by atoms with van der Waals surface area (Å²) in [6.07, 6.45) is 6.29. The molecule has 1 spiro atoms. The van der Waals surface area contributed by atoms with Crippen molar-refractivity contribution in [2.75, 3.05) is 24.6 Å². The number of esters is 1. The lowest BCUT2D eigenvalue weighted by Crippen LogP contribution is -2.58. The topological polar surface area (TPSA) is 125 Å². The van der Waals surface area contributed by atoms with Crippen molar-refractivity contribution < 1.29 is 33.8 Å². The number of carbonyl (C=O) groups is 4. The summed E-state index contributed by atoms with van der Waals surface area (Å²) in [6.45, 7) is 5.41. The lowest BCUT2D eigenvalue weighted by molar-refractivity contribution is -0.160. The summed E-state index contributed by atoms with van der Waals surface area (Å²) in [5.41, 5.74) is 1.74. The fraction of sp³-hybridized carbons (Fsp3) is 0.429. The molecule has 2 aromatic carbocycles. The van der Waals surface area contributed by atoms with E-state index in [0.717, 1.165) is 11.1 Å². The minimum Gasteiger partial charge on any atom is -0.455 e. The number of nitrogens with zero attached hydrogens (tertiary/aromatic N) is 2. The maximum atomic E-state index is 14.9. The van der Waals surface area contributed by atoms with E-state index >= 15 is 0 Å². The monoisotopic (exact) mass is 613 g/mol. The summed E-state index contributed by atoms with van der Waals surface area (Å²) < 4.78 is 12.6. The van der Waals surface area contributed by atoms with Crippen molar-refractivity contribution in [2.24, 2.45) is 11.8 Å². The van der Waals surface area contributed by atoms with Gasteiger partial charge in [0.1, 0.15) is 23.7 Å². The Kier molecular flexibility index (Phi) is 8.37. The highest BCUT2D eigenvalue weighted by Crippen LogP contribution is 2.56. The Hall–Kier alpha value is -4.28. The van der Waals surface area contributed by atoms with Crippen molar-refractivity contribution >= 4 is 29.4 Å². The van der Waals surface area contributed by atoms with Gasteiger partial charge in [-0.05, 0) is 43.9 Å². The van der Waals surface area contributed by atoms with Gasteiger partial charge in [0.15, 0.2) is 0 Å². The number of cyclic esters (lactones) is 1. The fourth-order valence-corrected chi connectivity index (χ4v) is 7.31. The second kappa shape index (κ2) is 12.3. The third-order valence-corrected chi connectivity index (χ3v) is 9.44. The highest BCUT2D eigenvalue weighted by atomic mass is 16.6. The number of amides is 3. The second-order valence-corrected chi connectivity index (χ2v) is 12.3. The van der Waals surface area contributed by atoms with Crippen LogP contribution in [-0.2, 0) is 28.7 Å². The lowest BCUT2D eigenvalue weighted by Gasteiger charge is -2.38. The molecule has 10 nitrogen and oxygen atoms in total. The van der Waals surface area contributed by atoms with Crippen LogP contribution >= 0.6 is 0 Å². The number of hydrogen-bond acceptors (Lipinski definition) is 7. The first-order valence-corrected chi connectivity index (χ1v) is 15.5. The molecule has 7 atom stereocenters. The molecule has 4 aliphatic rings. The Morgan fingerprint density at radius 1 is 1.00 bits per heavy atom. The Morgan fingerprint density at radius 2 is 1.73 bits per heavy atom. The smallest absolute Gasteiger partial charge is 0.313 e. The molecule has 5 bridgehead atoms. The zero-order valence-electron chi connectivity index (χ0n) is 25.7. The van der Waals surface area contributed by atoms with Crippen LogP contribution in [0.15, 0.2) is 72.8 Å². The van der Waals surface area contributed by atoms with E-state index in [1.54, 1.807) is 24.0 Å². The van der Waals surface area contributed by atoms with Gasteiger partial charge < -0.3 is 29.7 Å². The Morgan fingerprint density at radius 3 is 2.44 bits per heavy atom. The molecule has 45 heavy (non-hydrogen) atoms. The van der Waals surface area contributed by atoms with Gasteiger partial charge in [-0.1, -0.05) is 72.8 Å². The number of nitrogens with one attached hydrogen (secondary N) is 1. The molecule has 0 aliphatic carbocycles. The predicted octanol–water partition coefficient (Wildman–Crippen LogP) is 2.92. The summed E-state index contributed by atoms with van der Waals surface area (Å²) in [5.74, 6) is -3.70. The van der Waals surface area contributed by atoms with Gasteiger partial charge in [-0.15, -0.1) is 0 Å². The van der Waals surface area contributed by atoms with Crippen molar-refractivity contribution in [3.05, 3.63) is 89.5 Å². The number of para-hydroxylation sites is 1. The van der Waals surface area contributed by atoms with Crippen LogP contribution in [0.1, 0.15) is 42.6 Å². The number of rotatable bonds is 4. The number of anilines is 1. The molecule has 0 saturated carbocycles. The van der Waals surface area contributed by atoms with Gasteiger partial charge in [-0.2, -0.15) is 0 Å². The molecular formula is C35H39N3O7. The lowest BCUT2D eigenvalue weighted by atomic mass is 9.74. The Labute approximate surface area is 262 Å². The standard InChI is InChI=1S/C35H39N3O7/c1-21-11-10-12-22(2)30(21)37-18-9-5-8-15-27(40)36-19-26(24-13-6-4-7-14-24)44-34(43)28-25-16-17-35(45-25)29(28)32(41)38(23(3)20-39)31(35)33(37)42/h4-7,9-14,16-17,23,25-26,28-29,31,39H,8,15,18-20H2,1-3H3,(H,36,40)/b9-5-/t23-,25-,26-,28+,29+,31-,35+/m1/s1. The van der Waals surface area contributed by atoms with E-state index < -0.39 is 53.6 Å². The maximum Gasteiger partial charge on any atom is 0.313 e. The molecule has 6 rings (SSSR count). The molecule has 0 unspecified atom stereocenters. The van der Waals surface area contributed by atoms with Gasteiger partial charge in [0.25, 0.3) is 5.91 Å². The summed E-state index contributed by atoms with van der Waals surface area (Å²) >= 11 is 0. The molecule has 2 N–H and O–H groups in total. The van der Waals surface area contributed by atoms with Gasteiger partial charge in [0.05, 0.1) is 31.2 Å². The number of ether oxygens (including phenoxy) is 2. The van der Waals surface area contributed by atoms with Gasteiger partial charge >= 0.3 is 5.97 Å². The predicted molar refractivity (Wildman–Crippen MR) is 166 cm³/mol. The Balaban J connectivity index is 1.46. The average Bonchev–Trinajstić information content (AvgIpc) is 3.68. The number of aliphatic hydroxyl groups is 1. The summed E-state index contributed by atoms with van der Waals surface area (Å²) in [7, 11) is 0. The van der Waals surface area contributed by atoms with Crippen molar-refractivity contribution in [1.82, 2.24) is 10.2 Å². The number of likely N-dealkylation sites (tertiary alicyclic amines) is 1. The van der Waals surface area contributed by atoms with Gasteiger partial charge in [0.2, 0.25) is 11.8 Å². The molecule has 4 aliphatic heterocycles. The van der Waals surface area contributed by atoms with Crippen LogP contribution in [-0.4, -0.2) is 77.2 Å². The third kappa shape index (κ3) is 5.25. The summed E-state index contributed by atoms with van der Waals surface area (Å²) in [4.78, 5) is 59.1. The molecule has 2 aromatic rings. The zero-order valence-corrected chi connectivity index (χ0v) is 25.7. The van der Waals surface area contributed by atoms with Crippen molar-refractivity contribution in [3.8, 4) is 0 Å². The van der Waals surface area contributed by atoms with Crippen LogP contribution in [0.2, 0.25) is 0 Å². The quantitative estimate of drug-likeness (QED) is 0.401. The van der Waals surface area contributed by atoms with Gasteiger partial charge in [-0.3, -0.25) is 19.2 Å². The minimum atomic E-state index is -1.42. The Bertz CT molecular complexity index is 1540. The zero-order chi connectivity index (χ0) is 31.9. The van der Waals surface area contributed by atoms with E-state index in [2.05, 4.69) is 5.32 Å². The third-order valence-electron chi connectivity index (χ3n) is 9.44. The summed E-state index contributed by atoms with van der Waals surface area (Å²) in [6, 6.07) is 13.0.